The van der Waals surface area contributed by atoms with Gasteiger partial charge in [-0.3, -0.25) is 0 Å². The summed E-state index contributed by atoms with van der Waals surface area (Å²) >= 11 is 0. The molecular formula is C20H21F6NO3. The monoisotopic (exact) mass is 437 g/mol. The van der Waals surface area contributed by atoms with Crippen molar-refractivity contribution in [3.05, 3.63) is 65.2 Å². The van der Waals surface area contributed by atoms with Crippen LogP contribution in [0.1, 0.15) is 23.6 Å². The summed E-state index contributed by atoms with van der Waals surface area (Å²) in [4.78, 5) is 1.59. The molecule has 0 aliphatic heterocycles. The first-order valence-corrected chi connectivity index (χ1v) is 8.92. The number of hydrogen-bond donors (Lipinski definition) is 2. The molecule has 0 saturated carbocycles. The third-order valence-electron chi connectivity index (χ3n) is 4.07. The normalized spacial score (nSPS) is 14.4. The Morgan fingerprint density at radius 2 is 1.40 bits per heavy atom. The molecule has 0 bridgehead atoms. The Morgan fingerprint density at radius 1 is 0.867 bits per heavy atom. The summed E-state index contributed by atoms with van der Waals surface area (Å²) < 4.78 is 82.7. The molecule has 30 heavy (non-hydrogen) atoms. The molecule has 2 N–H and O–H groups in total. The van der Waals surface area contributed by atoms with Gasteiger partial charge in [0.25, 0.3) is 0 Å². The SMILES string of the molecule is C[C@H](O)CN(CC(O)OCc1cc(C(F)(F)F)cc(C(F)(F)F)c1)c1ccccc1. The van der Waals surface area contributed by atoms with Crippen LogP contribution in [0.15, 0.2) is 48.5 Å². The number of ether oxygens (including phenoxy) is 1. The van der Waals surface area contributed by atoms with Crippen molar-refractivity contribution in [3.63, 3.8) is 0 Å². The number of halogens is 6. The summed E-state index contributed by atoms with van der Waals surface area (Å²) in [6.07, 6.45) is -12.2. The predicted molar refractivity (Wildman–Crippen MR) is 97.6 cm³/mol. The van der Waals surface area contributed by atoms with E-state index in [1.165, 1.54) is 6.92 Å². The zero-order chi connectivity index (χ0) is 22.5. The van der Waals surface area contributed by atoms with Gasteiger partial charge in [-0.2, -0.15) is 26.3 Å². The van der Waals surface area contributed by atoms with Crippen molar-refractivity contribution in [1.82, 2.24) is 0 Å². The van der Waals surface area contributed by atoms with Gasteiger partial charge in [0.15, 0.2) is 6.29 Å². The van der Waals surface area contributed by atoms with Crippen molar-refractivity contribution >= 4 is 5.69 Å². The van der Waals surface area contributed by atoms with E-state index in [4.69, 9.17) is 4.74 Å². The second-order valence-electron chi connectivity index (χ2n) is 6.77. The van der Waals surface area contributed by atoms with Gasteiger partial charge in [-0.1, -0.05) is 18.2 Å². The zero-order valence-corrected chi connectivity index (χ0v) is 15.9. The molecule has 0 spiro atoms. The number of aliphatic hydroxyl groups is 2. The molecule has 2 aromatic carbocycles. The molecule has 0 aliphatic rings. The molecule has 0 aliphatic carbocycles. The number of nitrogens with zero attached hydrogens (tertiary/aromatic N) is 1. The minimum Gasteiger partial charge on any atom is -0.392 e. The minimum atomic E-state index is -4.96. The highest BCUT2D eigenvalue weighted by atomic mass is 19.4. The van der Waals surface area contributed by atoms with Crippen molar-refractivity contribution in [1.29, 1.82) is 0 Å². The summed E-state index contributed by atoms with van der Waals surface area (Å²) in [7, 11) is 0. The van der Waals surface area contributed by atoms with Crippen LogP contribution in [0.5, 0.6) is 0 Å². The van der Waals surface area contributed by atoms with Gasteiger partial charge in [0.2, 0.25) is 0 Å². The van der Waals surface area contributed by atoms with Crippen molar-refractivity contribution < 1.29 is 41.3 Å². The van der Waals surface area contributed by atoms with Crippen LogP contribution in [0, 0.1) is 0 Å². The second kappa shape index (κ2) is 9.67. The highest BCUT2D eigenvalue weighted by molar-refractivity contribution is 5.46. The first-order chi connectivity index (χ1) is 13.9. The minimum absolute atomic E-state index is 0.0275. The molecule has 0 saturated heterocycles. The summed E-state index contributed by atoms with van der Waals surface area (Å²) in [5.41, 5.74) is -2.63. The van der Waals surface area contributed by atoms with Crippen molar-refractivity contribution in [3.8, 4) is 0 Å². The molecule has 0 radical (unpaired) electrons. The molecular weight excluding hydrogens is 416 g/mol. The molecule has 166 valence electrons. The summed E-state index contributed by atoms with van der Waals surface area (Å²) in [6.45, 7) is 0.849. The van der Waals surface area contributed by atoms with Gasteiger partial charge in [0.1, 0.15) is 0 Å². The van der Waals surface area contributed by atoms with Crippen molar-refractivity contribution in [2.75, 3.05) is 18.0 Å². The Bertz CT molecular complexity index is 776. The number of benzene rings is 2. The van der Waals surface area contributed by atoms with Gasteiger partial charge in [-0.25, -0.2) is 0 Å². The molecule has 10 heteroatoms. The summed E-state index contributed by atoms with van der Waals surface area (Å²) in [5, 5.41) is 19.8. The topological polar surface area (TPSA) is 52.9 Å². The highest BCUT2D eigenvalue weighted by Gasteiger charge is 2.36. The molecule has 0 amide bonds. The molecule has 1 unspecified atom stereocenters. The molecule has 2 atom stereocenters. The van der Waals surface area contributed by atoms with E-state index in [-0.39, 0.29) is 24.7 Å². The lowest BCUT2D eigenvalue weighted by molar-refractivity contribution is -0.143. The average molecular weight is 437 g/mol. The van der Waals surface area contributed by atoms with E-state index in [0.29, 0.717) is 17.8 Å². The number of para-hydroxylation sites is 1. The third-order valence-corrected chi connectivity index (χ3v) is 4.07. The molecule has 0 aromatic heterocycles. The number of aliphatic hydroxyl groups excluding tert-OH is 2. The second-order valence-corrected chi connectivity index (χ2v) is 6.77. The van der Waals surface area contributed by atoms with Crippen LogP contribution >= 0.6 is 0 Å². The van der Waals surface area contributed by atoms with E-state index in [1.807, 2.05) is 0 Å². The quantitative estimate of drug-likeness (QED) is 0.474. The van der Waals surface area contributed by atoms with E-state index < -0.39 is 42.5 Å². The number of rotatable bonds is 8. The van der Waals surface area contributed by atoms with Gasteiger partial charge < -0.3 is 19.8 Å². The molecule has 2 aromatic rings. The van der Waals surface area contributed by atoms with Crippen LogP contribution in [0.3, 0.4) is 0 Å². The van der Waals surface area contributed by atoms with E-state index in [9.17, 15) is 36.6 Å². The van der Waals surface area contributed by atoms with Crippen LogP contribution in [0.25, 0.3) is 0 Å². The number of hydrogen-bond acceptors (Lipinski definition) is 4. The zero-order valence-electron chi connectivity index (χ0n) is 15.9. The first-order valence-electron chi connectivity index (χ1n) is 8.92. The van der Waals surface area contributed by atoms with Gasteiger partial charge in [0, 0.05) is 12.2 Å². The molecule has 0 heterocycles. The third kappa shape index (κ3) is 7.19. The van der Waals surface area contributed by atoms with Gasteiger partial charge in [-0.15, -0.1) is 0 Å². The van der Waals surface area contributed by atoms with Gasteiger partial charge in [0.05, 0.1) is 30.4 Å². The first kappa shape index (κ1) is 24.0. The van der Waals surface area contributed by atoms with Crippen LogP contribution in [-0.2, 0) is 23.7 Å². The van der Waals surface area contributed by atoms with E-state index >= 15 is 0 Å². The Hall–Kier alpha value is -2.30. The largest absolute Gasteiger partial charge is 0.416 e. The van der Waals surface area contributed by atoms with E-state index in [0.717, 1.165) is 0 Å². The van der Waals surface area contributed by atoms with Crippen LogP contribution < -0.4 is 4.90 Å². The van der Waals surface area contributed by atoms with E-state index in [2.05, 4.69) is 0 Å². The molecule has 0 fully saturated rings. The van der Waals surface area contributed by atoms with Crippen LogP contribution in [0.4, 0.5) is 32.0 Å². The van der Waals surface area contributed by atoms with Gasteiger partial charge >= 0.3 is 12.4 Å². The fourth-order valence-corrected chi connectivity index (χ4v) is 2.78. The lowest BCUT2D eigenvalue weighted by Crippen LogP contribution is -2.38. The highest BCUT2D eigenvalue weighted by Crippen LogP contribution is 2.36. The maximum absolute atomic E-state index is 12.9. The maximum Gasteiger partial charge on any atom is 0.416 e. The Morgan fingerprint density at radius 3 is 1.87 bits per heavy atom. The molecule has 4 nitrogen and oxygen atoms in total. The smallest absolute Gasteiger partial charge is 0.392 e. The Labute approximate surface area is 169 Å². The van der Waals surface area contributed by atoms with Crippen molar-refractivity contribution in [2.24, 2.45) is 0 Å². The average Bonchev–Trinajstić information content (AvgIpc) is 2.64. The Balaban J connectivity index is 2.13. The lowest BCUT2D eigenvalue weighted by atomic mass is 10.1. The summed E-state index contributed by atoms with van der Waals surface area (Å²) in [6, 6.07) is 9.80. The molecule has 2 rings (SSSR count). The maximum atomic E-state index is 12.9. The number of alkyl halides is 6. The van der Waals surface area contributed by atoms with Gasteiger partial charge in [-0.05, 0) is 42.8 Å². The standard InChI is InChI=1S/C20H21F6NO3/c1-13(28)10-27(17-5-3-2-4-6-17)11-18(29)30-12-14-7-15(19(21,22)23)9-16(8-14)20(24,25)26/h2-9,13,18,28-29H,10-12H2,1H3/t13-,18?/m0/s1. The fraction of sp³-hybridized carbons (Fsp3) is 0.400. The Kier molecular flexibility index (Phi) is 7.73. The van der Waals surface area contributed by atoms with Crippen molar-refractivity contribution in [2.45, 2.75) is 38.3 Å². The van der Waals surface area contributed by atoms with Crippen LogP contribution in [-0.4, -0.2) is 35.7 Å². The predicted octanol–water partition coefficient (Wildman–Crippen LogP) is 4.45. The number of anilines is 1. The lowest BCUT2D eigenvalue weighted by Gasteiger charge is -2.28. The van der Waals surface area contributed by atoms with E-state index in [1.54, 1.807) is 35.2 Å². The van der Waals surface area contributed by atoms with Crippen LogP contribution in [0.2, 0.25) is 0 Å². The summed E-state index contributed by atoms with van der Waals surface area (Å²) in [5.74, 6) is 0. The fourth-order valence-electron chi connectivity index (χ4n) is 2.78.